The van der Waals surface area contributed by atoms with E-state index in [0.29, 0.717) is 30.9 Å². The molecular weight excluding hydrogens is 693 g/mol. The van der Waals surface area contributed by atoms with Gasteiger partial charge in [0.2, 0.25) is 0 Å². The van der Waals surface area contributed by atoms with Crippen LogP contribution in [0, 0.1) is 11.8 Å². The Morgan fingerprint density at radius 2 is 0.745 bits per heavy atom. The number of hydrogen-bond acceptors (Lipinski definition) is 8. The number of ether oxygens (including phenoxy) is 4. The van der Waals surface area contributed by atoms with Gasteiger partial charge in [0.15, 0.2) is 0 Å². The number of rotatable bonds is 25. The molecular formula is C47H66O8. The largest absolute Gasteiger partial charge is 0.462 e. The molecule has 0 amide bonds. The maximum atomic E-state index is 12.5. The minimum atomic E-state index is -0.531. The van der Waals surface area contributed by atoms with Crippen molar-refractivity contribution in [3.8, 4) is 0 Å². The van der Waals surface area contributed by atoms with Crippen LogP contribution < -0.4 is 0 Å². The number of unbranched alkanes of at least 4 members (excludes halogenated alkanes) is 9. The molecule has 302 valence electrons. The molecule has 0 saturated heterocycles. The fraction of sp³-hybridized carbons (Fsp3) is 0.532. The molecule has 3 aromatic carbocycles. The molecule has 0 unspecified atom stereocenters. The summed E-state index contributed by atoms with van der Waals surface area (Å²) in [6.07, 6.45) is 15.5. The average molecular weight is 759 g/mol. The van der Waals surface area contributed by atoms with Gasteiger partial charge in [-0.3, -0.25) is 0 Å². The van der Waals surface area contributed by atoms with Gasteiger partial charge < -0.3 is 18.9 Å². The zero-order chi connectivity index (χ0) is 40.1. The molecule has 0 fully saturated rings. The molecule has 0 saturated carbocycles. The second kappa shape index (κ2) is 28.9. The zero-order valence-corrected chi connectivity index (χ0v) is 34.2. The van der Waals surface area contributed by atoms with Crippen molar-refractivity contribution in [2.45, 2.75) is 131 Å². The molecule has 55 heavy (non-hydrogen) atoms. The van der Waals surface area contributed by atoms with E-state index in [0.717, 1.165) is 55.9 Å². The maximum absolute atomic E-state index is 12.5. The van der Waals surface area contributed by atoms with E-state index in [1.807, 2.05) is 37.3 Å². The average Bonchev–Trinajstić information content (AvgIpc) is 3.19. The second-order valence-electron chi connectivity index (χ2n) is 14.8. The van der Waals surface area contributed by atoms with Crippen LogP contribution in [0.2, 0.25) is 0 Å². The lowest BCUT2D eigenvalue weighted by atomic mass is 10.0. The van der Waals surface area contributed by atoms with Gasteiger partial charge in [-0.15, -0.1) is 0 Å². The van der Waals surface area contributed by atoms with E-state index >= 15 is 0 Å². The first-order valence-electron chi connectivity index (χ1n) is 20.5. The third-order valence-electron chi connectivity index (χ3n) is 9.00. The standard InChI is InChI=1S/C28H46O4.C19H20O4/c1-23(2)17-11-7-5-9-15-21-31-27(29)25-19-13-14-20-26(25)28(30)32-22-16-10-6-8-12-18-24(3)4;1-2-3-13-22-18(20)16-11-7-8-12-17(16)19(21)23-14-15-9-5-4-6-10-15/h13-14,19-20,23-24H,5-12,15-18,21-22H2,1-4H3;4-12H,2-3,13-14H2,1H3. The summed E-state index contributed by atoms with van der Waals surface area (Å²) in [6, 6.07) is 22.7. The summed E-state index contributed by atoms with van der Waals surface area (Å²) in [5.41, 5.74) is 1.95. The molecule has 3 rings (SSSR count). The van der Waals surface area contributed by atoms with Gasteiger partial charge in [0, 0.05) is 0 Å². The molecule has 0 N–H and O–H groups in total. The van der Waals surface area contributed by atoms with Gasteiger partial charge in [0.25, 0.3) is 0 Å². The van der Waals surface area contributed by atoms with Crippen LogP contribution in [0.5, 0.6) is 0 Å². The van der Waals surface area contributed by atoms with Crippen LogP contribution in [-0.2, 0) is 25.6 Å². The summed E-state index contributed by atoms with van der Waals surface area (Å²) >= 11 is 0. The van der Waals surface area contributed by atoms with Crippen LogP contribution in [0.15, 0.2) is 78.9 Å². The normalized spacial score (nSPS) is 10.7. The van der Waals surface area contributed by atoms with Crippen molar-refractivity contribution in [1.82, 2.24) is 0 Å². The van der Waals surface area contributed by atoms with Gasteiger partial charge in [0.1, 0.15) is 6.61 Å². The summed E-state index contributed by atoms with van der Waals surface area (Å²) in [7, 11) is 0. The molecule has 3 aromatic rings. The lowest BCUT2D eigenvalue weighted by Gasteiger charge is -2.10. The van der Waals surface area contributed by atoms with E-state index in [1.165, 1.54) is 51.4 Å². The molecule has 0 radical (unpaired) electrons. The molecule has 0 aliphatic carbocycles. The van der Waals surface area contributed by atoms with Crippen molar-refractivity contribution in [1.29, 1.82) is 0 Å². The van der Waals surface area contributed by atoms with Crippen molar-refractivity contribution in [2.24, 2.45) is 11.8 Å². The highest BCUT2D eigenvalue weighted by Crippen LogP contribution is 2.16. The molecule has 0 atom stereocenters. The van der Waals surface area contributed by atoms with Gasteiger partial charge in [-0.1, -0.05) is 160 Å². The quantitative estimate of drug-likeness (QED) is 0.0478. The number of hydrogen-bond donors (Lipinski definition) is 0. The summed E-state index contributed by atoms with van der Waals surface area (Å²) in [5, 5.41) is 0. The molecule has 0 aromatic heterocycles. The van der Waals surface area contributed by atoms with E-state index in [-0.39, 0.29) is 17.7 Å². The van der Waals surface area contributed by atoms with Crippen molar-refractivity contribution >= 4 is 23.9 Å². The highest BCUT2D eigenvalue weighted by atomic mass is 16.5. The fourth-order valence-electron chi connectivity index (χ4n) is 5.72. The number of benzene rings is 3. The third-order valence-corrected chi connectivity index (χ3v) is 9.00. The Kier molecular flexibility index (Phi) is 24.5. The van der Waals surface area contributed by atoms with Crippen LogP contribution in [0.25, 0.3) is 0 Å². The SMILES string of the molecule is CC(C)CCCCCCCOC(=O)c1ccccc1C(=O)OCCCCCCCC(C)C.CCCCOC(=O)c1ccccc1C(=O)OCc1ccccc1. The van der Waals surface area contributed by atoms with Crippen molar-refractivity contribution in [2.75, 3.05) is 19.8 Å². The van der Waals surface area contributed by atoms with Gasteiger partial charge in [0.05, 0.1) is 42.1 Å². The molecule has 0 spiro atoms. The monoisotopic (exact) mass is 758 g/mol. The van der Waals surface area contributed by atoms with Crippen LogP contribution in [0.1, 0.15) is 172 Å². The first-order valence-corrected chi connectivity index (χ1v) is 20.5. The minimum absolute atomic E-state index is 0.166. The number of carbonyl (C=O) groups excluding carboxylic acids is 4. The van der Waals surface area contributed by atoms with E-state index in [4.69, 9.17) is 18.9 Å². The molecule has 8 nitrogen and oxygen atoms in total. The minimum Gasteiger partial charge on any atom is -0.462 e. The Labute approximate surface area is 330 Å². The molecule has 0 aliphatic rings. The number of carbonyl (C=O) groups is 4. The van der Waals surface area contributed by atoms with E-state index in [2.05, 4.69) is 27.7 Å². The predicted molar refractivity (Wildman–Crippen MR) is 219 cm³/mol. The highest BCUT2D eigenvalue weighted by molar-refractivity contribution is 6.03. The number of esters is 4. The van der Waals surface area contributed by atoms with E-state index in [1.54, 1.807) is 48.5 Å². The van der Waals surface area contributed by atoms with Crippen LogP contribution >= 0.6 is 0 Å². The Balaban J connectivity index is 0.000000400. The highest BCUT2D eigenvalue weighted by Gasteiger charge is 2.20. The van der Waals surface area contributed by atoms with E-state index < -0.39 is 23.9 Å². The summed E-state index contributed by atoms with van der Waals surface area (Å²) < 4.78 is 21.3. The Bertz CT molecular complexity index is 1460. The Morgan fingerprint density at radius 3 is 1.13 bits per heavy atom. The maximum Gasteiger partial charge on any atom is 0.339 e. The van der Waals surface area contributed by atoms with Crippen LogP contribution in [-0.4, -0.2) is 43.7 Å². The molecule has 0 aliphatic heterocycles. The summed E-state index contributed by atoms with van der Waals surface area (Å²) in [4.78, 5) is 49.3. The Morgan fingerprint density at radius 1 is 0.418 bits per heavy atom. The zero-order valence-electron chi connectivity index (χ0n) is 34.2. The van der Waals surface area contributed by atoms with Gasteiger partial charge in [-0.2, -0.15) is 0 Å². The smallest absolute Gasteiger partial charge is 0.339 e. The van der Waals surface area contributed by atoms with Crippen LogP contribution in [0.4, 0.5) is 0 Å². The Hall–Kier alpha value is -4.46. The van der Waals surface area contributed by atoms with Gasteiger partial charge >= 0.3 is 23.9 Å². The lowest BCUT2D eigenvalue weighted by molar-refractivity contribution is 0.0437. The second-order valence-corrected chi connectivity index (χ2v) is 14.8. The third kappa shape index (κ3) is 20.7. The molecule has 0 bridgehead atoms. The lowest BCUT2D eigenvalue weighted by Crippen LogP contribution is -2.15. The van der Waals surface area contributed by atoms with Gasteiger partial charge in [-0.25, -0.2) is 19.2 Å². The van der Waals surface area contributed by atoms with Crippen LogP contribution in [0.3, 0.4) is 0 Å². The van der Waals surface area contributed by atoms with Gasteiger partial charge in [-0.05, 0) is 60.9 Å². The first-order chi connectivity index (χ1) is 26.6. The first kappa shape index (κ1) is 46.7. The fourth-order valence-corrected chi connectivity index (χ4v) is 5.72. The summed E-state index contributed by atoms with van der Waals surface area (Å²) in [5.74, 6) is -0.378. The topological polar surface area (TPSA) is 105 Å². The summed E-state index contributed by atoms with van der Waals surface area (Å²) in [6.45, 7) is 12.3. The van der Waals surface area contributed by atoms with Crippen molar-refractivity contribution in [3.05, 3.63) is 107 Å². The molecule has 8 heteroatoms. The van der Waals surface area contributed by atoms with Crippen molar-refractivity contribution < 1.29 is 38.1 Å². The van der Waals surface area contributed by atoms with Crippen molar-refractivity contribution in [3.63, 3.8) is 0 Å². The predicted octanol–water partition coefficient (Wildman–Crippen LogP) is 12.0. The van der Waals surface area contributed by atoms with E-state index in [9.17, 15) is 19.2 Å². The molecule has 0 heterocycles.